The molecule has 0 aliphatic heterocycles. The van der Waals surface area contributed by atoms with Crippen molar-refractivity contribution in [2.75, 3.05) is 13.6 Å². The zero-order chi connectivity index (χ0) is 17.8. The zero-order valence-corrected chi connectivity index (χ0v) is 14.7. The molecule has 4 aromatic rings. The average molecular weight is 343 g/mol. The largest absolute Gasteiger partial charge is 0.320 e. The lowest BCUT2D eigenvalue weighted by Crippen LogP contribution is -2.20. The van der Waals surface area contributed by atoms with E-state index in [1.807, 2.05) is 37.4 Å². The van der Waals surface area contributed by atoms with Crippen molar-refractivity contribution in [1.29, 1.82) is 0 Å². The Labute approximate surface area is 152 Å². The molecule has 3 aromatic carbocycles. The highest BCUT2D eigenvalue weighted by molar-refractivity contribution is 5.83. The van der Waals surface area contributed by atoms with Crippen molar-refractivity contribution < 1.29 is 0 Å². The highest BCUT2D eigenvalue weighted by Crippen LogP contribution is 2.25. The maximum absolute atomic E-state index is 4.66. The van der Waals surface area contributed by atoms with E-state index < -0.39 is 0 Å². The number of hydrogen-bond acceptors (Lipinski definition) is 4. The van der Waals surface area contributed by atoms with Crippen LogP contribution in [0.4, 0.5) is 0 Å². The number of tetrazole rings is 1. The van der Waals surface area contributed by atoms with Crippen LogP contribution < -0.4 is 5.32 Å². The summed E-state index contributed by atoms with van der Waals surface area (Å²) in [6.45, 7) is 0.875. The van der Waals surface area contributed by atoms with Gasteiger partial charge < -0.3 is 5.32 Å². The third-order valence-electron chi connectivity index (χ3n) is 4.57. The first kappa shape index (κ1) is 16.4. The molecule has 0 aliphatic carbocycles. The lowest BCUT2D eigenvalue weighted by molar-refractivity contribution is 0.422. The summed E-state index contributed by atoms with van der Waals surface area (Å²) in [4.78, 5) is 1.74. The Morgan fingerprint density at radius 3 is 2.50 bits per heavy atom. The predicted octanol–water partition coefficient (Wildman–Crippen LogP) is 3.69. The van der Waals surface area contributed by atoms with E-state index in [1.54, 1.807) is 4.80 Å². The second-order valence-corrected chi connectivity index (χ2v) is 6.31. The van der Waals surface area contributed by atoms with E-state index in [-0.39, 0.29) is 6.04 Å². The summed E-state index contributed by atoms with van der Waals surface area (Å²) in [6.07, 6.45) is 0.888. The summed E-state index contributed by atoms with van der Waals surface area (Å²) < 4.78 is 0. The second-order valence-electron chi connectivity index (χ2n) is 6.31. The topological polar surface area (TPSA) is 55.6 Å². The van der Waals surface area contributed by atoms with Crippen LogP contribution in [0.2, 0.25) is 0 Å². The average Bonchev–Trinajstić information content (AvgIpc) is 3.19. The fourth-order valence-corrected chi connectivity index (χ4v) is 3.17. The van der Waals surface area contributed by atoms with E-state index >= 15 is 0 Å². The summed E-state index contributed by atoms with van der Waals surface area (Å²) >= 11 is 0. The van der Waals surface area contributed by atoms with Gasteiger partial charge in [0.2, 0.25) is 5.82 Å². The van der Waals surface area contributed by atoms with Gasteiger partial charge in [0.1, 0.15) is 0 Å². The SMILES string of the molecule is CNCCC(c1ccc2ccccc2c1)n1nnc(-c2ccccc2)n1. The van der Waals surface area contributed by atoms with E-state index in [0.29, 0.717) is 5.82 Å². The zero-order valence-electron chi connectivity index (χ0n) is 14.7. The standard InChI is InChI=1S/C21H21N5/c1-22-14-13-20(19-12-11-16-7-5-6-10-18(16)15-19)26-24-21(23-25-26)17-8-3-2-4-9-17/h2-12,15,20,22H,13-14H2,1H3. The van der Waals surface area contributed by atoms with Gasteiger partial charge in [-0.2, -0.15) is 4.80 Å². The van der Waals surface area contributed by atoms with Crippen molar-refractivity contribution >= 4 is 10.8 Å². The molecule has 1 atom stereocenters. The van der Waals surface area contributed by atoms with Crippen LogP contribution in [0, 0.1) is 0 Å². The summed E-state index contributed by atoms with van der Waals surface area (Å²) in [6, 6.07) is 24.9. The van der Waals surface area contributed by atoms with Crippen molar-refractivity contribution in [3.63, 3.8) is 0 Å². The molecule has 5 nitrogen and oxygen atoms in total. The van der Waals surface area contributed by atoms with Gasteiger partial charge in [-0.25, -0.2) is 0 Å². The predicted molar refractivity (Wildman–Crippen MR) is 104 cm³/mol. The van der Waals surface area contributed by atoms with Crippen LogP contribution in [0.25, 0.3) is 22.2 Å². The van der Waals surface area contributed by atoms with E-state index in [9.17, 15) is 0 Å². The molecule has 130 valence electrons. The molecule has 0 saturated carbocycles. The molecule has 0 saturated heterocycles. The minimum atomic E-state index is 0.0389. The van der Waals surface area contributed by atoms with Crippen LogP contribution >= 0.6 is 0 Å². The van der Waals surface area contributed by atoms with Crippen LogP contribution in [0.3, 0.4) is 0 Å². The summed E-state index contributed by atoms with van der Waals surface area (Å²) in [5, 5.41) is 19.0. The molecular formula is C21H21N5. The quantitative estimate of drug-likeness (QED) is 0.580. The van der Waals surface area contributed by atoms with Crippen LogP contribution in [-0.4, -0.2) is 33.8 Å². The van der Waals surface area contributed by atoms with Crippen molar-refractivity contribution in [2.24, 2.45) is 0 Å². The lowest BCUT2D eigenvalue weighted by Gasteiger charge is -2.16. The fraction of sp³-hybridized carbons (Fsp3) is 0.190. The van der Waals surface area contributed by atoms with Gasteiger partial charge in [0.15, 0.2) is 0 Å². The molecule has 4 rings (SSSR count). The van der Waals surface area contributed by atoms with Gasteiger partial charge in [-0.15, -0.1) is 10.2 Å². The fourth-order valence-electron chi connectivity index (χ4n) is 3.17. The molecule has 0 aliphatic rings. The molecule has 1 heterocycles. The van der Waals surface area contributed by atoms with E-state index in [4.69, 9.17) is 0 Å². The minimum Gasteiger partial charge on any atom is -0.320 e. The number of aromatic nitrogens is 4. The third kappa shape index (κ3) is 3.34. The molecule has 5 heteroatoms. The first-order chi connectivity index (χ1) is 12.8. The first-order valence-corrected chi connectivity index (χ1v) is 8.83. The number of nitrogens with one attached hydrogen (secondary N) is 1. The molecule has 0 amide bonds. The molecule has 0 radical (unpaired) electrons. The van der Waals surface area contributed by atoms with Gasteiger partial charge in [0.25, 0.3) is 0 Å². The highest BCUT2D eigenvalue weighted by atomic mass is 15.6. The third-order valence-corrected chi connectivity index (χ3v) is 4.57. The molecule has 1 unspecified atom stereocenters. The van der Waals surface area contributed by atoms with Crippen molar-refractivity contribution in [2.45, 2.75) is 12.5 Å². The van der Waals surface area contributed by atoms with Gasteiger partial charge in [-0.3, -0.25) is 0 Å². The molecule has 1 N–H and O–H groups in total. The molecule has 0 spiro atoms. The Morgan fingerprint density at radius 1 is 0.923 bits per heavy atom. The maximum Gasteiger partial charge on any atom is 0.204 e. The number of nitrogens with zero attached hydrogens (tertiary/aromatic N) is 4. The Morgan fingerprint density at radius 2 is 1.69 bits per heavy atom. The van der Waals surface area contributed by atoms with Gasteiger partial charge >= 0.3 is 0 Å². The number of benzene rings is 3. The van der Waals surface area contributed by atoms with Crippen molar-refractivity contribution in [3.05, 3.63) is 78.4 Å². The lowest BCUT2D eigenvalue weighted by atomic mass is 10.00. The summed E-state index contributed by atoms with van der Waals surface area (Å²) in [5.74, 6) is 0.654. The molecular weight excluding hydrogens is 322 g/mol. The van der Waals surface area contributed by atoms with Crippen LogP contribution in [0.15, 0.2) is 72.8 Å². The van der Waals surface area contributed by atoms with E-state index in [0.717, 1.165) is 18.5 Å². The molecule has 26 heavy (non-hydrogen) atoms. The van der Waals surface area contributed by atoms with E-state index in [2.05, 4.69) is 63.2 Å². The Kier molecular flexibility index (Phi) is 4.71. The smallest absolute Gasteiger partial charge is 0.204 e. The van der Waals surface area contributed by atoms with Gasteiger partial charge in [-0.1, -0.05) is 66.7 Å². The van der Waals surface area contributed by atoms with Crippen LogP contribution in [0.1, 0.15) is 18.0 Å². The summed E-state index contributed by atoms with van der Waals surface area (Å²) in [5.41, 5.74) is 2.17. The Bertz CT molecular complexity index is 993. The Balaban J connectivity index is 1.71. The van der Waals surface area contributed by atoms with Crippen molar-refractivity contribution in [3.8, 4) is 11.4 Å². The molecule has 0 fully saturated rings. The first-order valence-electron chi connectivity index (χ1n) is 8.83. The van der Waals surface area contributed by atoms with Crippen molar-refractivity contribution in [1.82, 2.24) is 25.5 Å². The second kappa shape index (κ2) is 7.45. The maximum atomic E-state index is 4.66. The summed E-state index contributed by atoms with van der Waals surface area (Å²) in [7, 11) is 1.96. The van der Waals surface area contributed by atoms with Gasteiger partial charge in [0.05, 0.1) is 6.04 Å². The van der Waals surface area contributed by atoms with Crippen LogP contribution in [-0.2, 0) is 0 Å². The highest BCUT2D eigenvalue weighted by Gasteiger charge is 2.18. The normalized spacial score (nSPS) is 12.3. The number of fused-ring (bicyclic) bond motifs is 1. The number of hydrogen-bond donors (Lipinski definition) is 1. The molecule has 1 aromatic heterocycles. The van der Waals surface area contributed by atoms with Gasteiger partial charge in [-0.05, 0) is 47.6 Å². The molecule has 0 bridgehead atoms. The van der Waals surface area contributed by atoms with E-state index in [1.165, 1.54) is 16.3 Å². The monoisotopic (exact) mass is 343 g/mol. The van der Waals surface area contributed by atoms with Gasteiger partial charge in [0, 0.05) is 5.56 Å². The minimum absolute atomic E-state index is 0.0389. The Hall–Kier alpha value is -3.05. The number of rotatable bonds is 6. The van der Waals surface area contributed by atoms with Crippen LogP contribution in [0.5, 0.6) is 0 Å².